The summed E-state index contributed by atoms with van der Waals surface area (Å²) < 4.78 is 10.1. The highest BCUT2D eigenvalue weighted by molar-refractivity contribution is 5.31. The van der Waals surface area contributed by atoms with Crippen molar-refractivity contribution in [2.45, 2.75) is 13.0 Å². The summed E-state index contributed by atoms with van der Waals surface area (Å²) in [6.07, 6.45) is 2.09. The molecule has 0 fully saturated rings. The number of aromatic nitrogens is 3. The Labute approximate surface area is 111 Å². The van der Waals surface area contributed by atoms with Crippen molar-refractivity contribution in [2.24, 2.45) is 0 Å². The maximum Gasteiger partial charge on any atom is 0.241 e. The zero-order valence-corrected chi connectivity index (χ0v) is 11.0. The molecule has 2 aromatic rings. The summed E-state index contributed by atoms with van der Waals surface area (Å²) in [7, 11) is 2.95. The van der Waals surface area contributed by atoms with E-state index in [4.69, 9.17) is 9.47 Å². The Morgan fingerprint density at radius 3 is 2.47 bits per heavy atom. The number of nitrogens with zero attached hydrogens (tertiary/aromatic N) is 3. The highest BCUT2D eigenvalue weighted by Gasteiger charge is 2.19. The van der Waals surface area contributed by atoms with Crippen LogP contribution in [0, 0.1) is 6.92 Å². The molecule has 0 aliphatic heterocycles. The van der Waals surface area contributed by atoms with Crippen molar-refractivity contribution in [3.63, 3.8) is 0 Å². The lowest BCUT2D eigenvalue weighted by Gasteiger charge is -2.13. The standard InChI is InChI=1S/C13H15N3O3/c1-8-4-5-9(6-14-8)12(17)11-13(19-3)16-10(18-2)7-15-11/h4-7,12,17H,1-3H3. The largest absolute Gasteiger partial charge is 0.480 e. The Morgan fingerprint density at radius 1 is 1.11 bits per heavy atom. The van der Waals surface area contributed by atoms with Crippen molar-refractivity contribution >= 4 is 0 Å². The molecule has 1 N–H and O–H groups in total. The molecular formula is C13H15N3O3. The number of methoxy groups -OCH3 is 2. The zero-order chi connectivity index (χ0) is 13.8. The summed E-state index contributed by atoms with van der Waals surface area (Å²) in [5.74, 6) is 0.558. The van der Waals surface area contributed by atoms with Gasteiger partial charge in [0.15, 0.2) is 0 Å². The van der Waals surface area contributed by atoms with Gasteiger partial charge >= 0.3 is 0 Å². The normalized spacial score (nSPS) is 12.0. The number of aliphatic hydroxyl groups is 1. The van der Waals surface area contributed by atoms with Crippen LogP contribution in [0.3, 0.4) is 0 Å². The molecule has 6 nitrogen and oxygen atoms in total. The SMILES string of the molecule is COc1cnc(C(O)c2ccc(C)nc2)c(OC)n1. The van der Waals surface area contributed by atoms with Crippen LogP contribution < -0.4 is 9.47 Å². The minimum atomic E-state index is -0.943. The summed E-state index contributed by atoms with van der Waals surface area (Å²) in [5.41, 5.74) is 1.83. The molecule has 0 saturated heterocycles. The van der Waals surface area contributed by atoms with Gasteiger partial charge in [0.2, 0.25) is 11.8 Å². The quantitative estimate of drug-likeness (QED) is 0.893. The van der Waals surface area contributed by atoms with E-state index in [0.717, 1.165) is 5.69 Å². The Hall–Kier alpha value is -2.21. The minimum Gasteiger partial charge on any atom is -0.480 e. The number of aryl methyl sites for hydroxylation is 1. The van der Waals surface area contributed by atoms with Gasteiger partial charge in [-0.25, -0.2) is 4.98 Å². The molecule has 6 heteroatoms. The van der Waals surface area contributed by atoms with Gasteiger partial charge in [0.05, 0.1) is 20.4 Å². The fraction of sp³-hybridized carbons (Fsp3) is 0.308. The summed E-state index contributed by atoms with van der Waals surface area (Å²) in [5, 5.41) is 10.3. The second-order valence-corrected chi connectivity index (χ2v) is 3.94. The van der Waals surface area contributed by atoms with Gasteiger partial charge in [0, 0.05) is 17.5 Å². The average Bonchev–Trinajstić information content (AvgIpc) is 2.46. The predicted molar refractivity (Wildman–Crippen MR) is 68.2 cm³/mol. The third-order valence-electron chi connectivity index (χ3n) is 2.66. The highest BCUT2D eigenvalue weighted by Crippen LogP contribution is 2.27. The fourth-order valence-electron chi connectivity index (χ4n) is 1.60. The Morgan fingerprint density at radius 2 is 1.89 bits per heavy atom. The van der Waals surface area contributed by atoms with Crippen LogP contribution in [0.15, 0.2) is 24.5 Å². The molecule has 2 rings (SSSR count). The summed E-state index contributed by atoms with van der Waals surface area (Å²) in [6, 6.07) is 3.61. The Kier molecular flexibility index (Phi) is 3.91. The van der Waals surface area contributed by atoms with E-state index in [1.807, 2.05) is 13.0 Å². The van der Waals surface area contributed by atoms with Crippen LogP contribution >= 0.6 is 0 Å². The lowest BCUT2D eigenvalue weighted by molar-refractivity contribution is 0.206. The Bertz CT molecular complexity index is 558. The number of pyridine rings is 1. The second kappa shape index (κ2) is 5.62. The van der Waals surface area contributed by atoms with Crippen LogP contribution in [-0.2, 0) is 0 Å². The van der Waals surface area contributed by atoms with E-state index < -0.39 is 6.10 Å². The molecule has 2 heterocycles. The first kappa shape index (κ1) is 13.2. The first-order valence-electron chi connectivity index (χ1n) is 5.71. The van der Waals surface area contributed by atoms with Gasteiger partial charge in [0.1, 0.15) is 11.8 Å². The van der Waals surface area contributed by atoms with Crippen LogP contribution in [0.2, 0.25) is 0 Å². The van der Waals surface area contributed by atoms with E-state index in [-0.39, 0.29) is 5.88 Å². The molecule has 0 aromatic carbocycles. The van der Waals surface area contributed by atoms with Gasteiger partial charge in [-0.15, -0.1) is 0 Å². The minimum absolute atomic E-state index is 0.229. The Balaban J connectivity index is 2.37. The van der Waals surface area contributed by atoms with E-state index in [9.17, 15) is 5.11 Å². The molecule has 1 unspecified atom stereocenters. The highest BCUT2D eigenvalue weighted by atomic mass is 16.5. The molecule has 0 aliphatic carbocycles. The monoisotopic (exact) mass is 261 g/mol. The second-order valence-electron chi connectivity index (χ2n) is 3.94. The first-order valence-corrected chi connectivity index (χ1v) is 5.71. The van der Waals surface area contributed by atoms with E-state index in [2.05, 4.69) is 15.0 Å². The van der Waals surface area contributed by atoms with Crippen molar-refractivity contribution in [3.05, 3.63) is 41.5 Å². The summed E-state index contributed by atoms with van der Waals surface area (Å²) in [6.45, 7) is 1.88. The molecule has 1 atom stereocenters. The third kappa shape index (κ3) is 2.79. The van der Waals surface area contributed by atoms with Gasteiger partial charge in [-0.05, 0) is 13.0 Å². The average molecular weight is 261 g/mol. The van der Waals surface area contributed by atoms with Crippen LogP contribution in [0.5, 0.6) is 11.8 Å². The van der Waals surface area contributed by atoms with E-state index >= 15 is 0 Å². The molecule has 0 bridgehead atoms. The first-order chi connectivity index (χ1) is 9.15. The number of ether oxygens (including phenoxy) is 2. The van der Waals surface area contributed by atoms with Crippen molar-refractivity contribution in [2.75, 3.05) is 14.2 Å². The van der Waals surface area contributed by atoms with Gasteiger partial charge in [0.25, 0.3) is 0 Å². The fourth-order valence-corrected chi connectivity index (χ4v) is 1.60. The van der Waals surface area contributed by atoms with Gasteiger partial charge in [-0.3, -0.25) is 4.98 Å². The van der Waals surface area contributed by atoms with E-state index in [1.54, 1.807) is 12.3 Å². The molecule has 0 radical (unpaired) electrons. The number of hydrogen-bond donors (Lipinski definition) is 1. The number of rotatable bonds is 4. The lowest BCUT2D eigenvalue weighted by Crippen LogP contribution is -2.07. The lowest BCUT2D eigenvalue weighted by atomic mass is 10.1. The molecule has 19 heavy (non-hydrogen) atoms. The van der Waals surface area contributed by atoms with Crippen molar-refractivity contribution in [1.82, 2.24) is 15.0 Å². The summed E-state index contributed by atoms with van der Waals surface area (Å²) >= 11 is 0. The molecule has 0 amide bonds. The van der Waals surface area contributed by atoms with Gasteiger partial charge in [-0.2, -0.15) is 4.98 Å². The van der Waals surface area contributed by atoms with Crippen LogP contribution in [-0.4, -0.2) is 34.3 Å². The maximum atomic E-state index is 10.3. The molecule has 2 aromatic heterocycles. The molecule has 0 aliphatic rings. The van der Waals surface area contributed by atoms with E-state index in [0.29, 0.717) is 17.1 Å². The van der Waals surface area contributed by atoms with Crippen LogP contribution in [0.4, 0.5) is 0 Å². The van der Waals surface area contributed by atoms with Crippen molar-refractivity contribution < 1.29 is 14.6 Å². The molecule has 0 saturated carbocycles. The van der Waals surface area contributed by atoms with Gasteiger partial charge < -0.3 is 14.6 Å². The van der Waals surface area contributed by atoms with Crippen LogP contribution in [0.1, 0.15) is 23.1 Å². The smallest absolute Gasteiger partial charge is 0.241 e. The van der Waals surface area contributed by atoms with Crippen molar-refractivity contribution in [1.29, 1.82) is 0 Å². The van der Waals surface area contributed by atoms with Crippen LogP contribution in [0.25, 0.3) is 0 Å². The van der Waals surface area contributed by atoms with Crippen molar-refractivity contribution in [3.8, 4) is 11.8 Å². The summed E-state index contributed by atoms with van der Waals surface area (Å²) in [4.78, 5) is 12.4. The molecule has 100 valence electrons. The van der Waals surface area contributed by atoms with E-state index in [1.165, 1.54) is 20.4 Å². The maximum absolute atomic E-state index is 10.3. The topological polar surface area (TPSA) is 77.4 Å². The van der Waals surface area contributed by atoms with Gasteiger partial charge in [-0.1, -0.05) is 6.07 Å². The molecular weight excluding hydrogens is 246 g/mol. The zero-order valence-electron chi connectivity index (χ0n) is 11.0. The molecule has 0 spiro atoms. The predicted octanol–water partition coefficient (Wildman–Crippen LogP) is 1.28. The number of hydrogen-bond acceptors (Lipinski definition) is 6. The number of aliphatic hydroxyl groups excluding tert-OH is 1. The third-order valence-corrected chi connectivity index (χ3v) is 2.66.